The van der Waals surface area contributed by atoms with Crippen LogP contribution in [-0.2, 0) is 4.79 Å². The third kappa shape index (κ3) is 1.17. The maximum Gasteiger partial charge on any atom is 0.390 e. The average Bonchev–Trinajstić information content (AvgIpc) is 2.42. The molecule has 0 radical (unpaired) electrons. The molecule has 1 N–H and O–H groups in total. The van der Waals surface area contributed by atoms with E-state index in [0.29, 0.717) is 0 Å². The van der Waals surface area contributed by atoms with E-state index in [2.05, 4.69) is 0 Å². The number of hydrogen-bond donors (Lipinski definition) is 1. The maximum absolute atomic E-state index is 12.7. The molecule has 14 heavy (non-hydrogen) atoms. The van der Waals surface area contributed by atoms with Gasteiger partial charge in [0, 0.05) is 13.0 Å². The number of carboxylic acids is 1. The average molecular weight is 198 g/mol. The molecule has 4 nitrogen and oxygen atoms in total. The Hall–Kier alpha value is -1.78. The second-order valence-electron chi connectivity index (χ2n) is 3.05. The van der Waals surface area contributed by atoms with E-state index >= 15 is 0 Å². The Labute approximate surface area is 78.9 Å². The summed E-state index contributed by atoms with van der Waals surface area (Å²) in [5, 5.41) is 8.77. The second-order valence-corrected chi connectivity index (χ2v) is 3.05. The van der Waals surface area contributed by atoms with Gasteiger partial charge in [0.1, 0.15) is 5.82 Å². The Bertz CT molecular complexity index is 404. The molecule has 1 aromatic carbocycles. The van der Waals surface area contributed by atoms with Crippen LogP contribution in [0.5, 0.6) is 11.5 Å². The number of ether oxygens (including phenoxy) is 2. The monoisotopic (exact) mass is 198 g/mol. The summed E-state index contributed by atoms with van der Waals surface area (Å²) in [4.78, 5) is 10.7. The first-order chi connectivity index (χ1) is 6.51. The first-order valence-electron chi connectivity index (χ1n) is 3.92. The van der Waals surface area contributed by atoms with E-state index in [-0.39, 0.29) is 11.5 Å². The lowest BCUT2D eigenvalue weighted by atomic mass is 10.3. The summed E-state index contributed by atoms with van der Waals surface area (Å²) < 4.78 is 22.7. The van der Waals surface area contributed by atoms with E-state index in [1.54, 1.807) is 0 Å². The Morgan fingerprint density at radius 3 is 2.71 bits per heavy atom. The highest BCUT2D eigenvalue weighted by atomic mass is 19.1. The number of benzene rings is 1. The van der Waals surface area contributed by atoms with E-state index < -0.39 is 17.6 Å². The SMILES string of the molecule is CC1(C(=O)O)Oc2ccc(F)cc2O1. The highest BCUT2D eigenvalue weighted by Gasteiger charge is 2.44. The molecular weight excluding hydrogens is 191 g/mol. The van der Waals surface area contributed by atoms with Gasteiger partial charge >= 0.3 is 11.8 Å². The zero-order valence-corrected chi connectivity index (χ0v) is 7.28. The molecule has 1 unspecified atom stereocenters. The molecule has 0 fully saturated rings. The Morgan fingerprint density at radius 1 is 1.43 bits per heavy atom. The van der Waals surface area contributed by atoms with Crippen LogP contribution in [0.15, 0.2) is 18.2 Å². The summed E-state index contributed by atoms with van der Waals surface area (Å²) in [7, 11) is 0. The van der Waals surface area contributed by atoms with Crippen molar-refractivity contribution in [2.24, 2.45) is 0 Å². The third-order valence-corrected chi connectivity index (χ3v) is 1.90. The predicted molar refractivity (Wildman–Crippen MR) is 43.7 cm³/mol. The van der Waals surface area contributed by atoms with E-state index in [0.717, 1.165) is 6.07 Å². The minimum atomic E-state index is -1.75. The lowest BCUT2D eigenvalue weighted by molar-refractivity contribution is -0.173. The van der Waals surface area contributed by atoms with Crippen molar-refractivity contribution in [1.82, 2.24) is 0 Å². The quantitative estimate of drug-likeness (QED) is 0.740. The summed E-state index contributed by atoms with van der Waals surface area (Å²) in [5.41, 5.74) is 0. The van der Waals surface area contributed by atoms with Crippen molar-refractivity contribution < 1.29 is 23.8 Å². The zero-order valence-electron chi connectivity index (χ0n) is 7.28. The first kappa shape index (κ1) is 8.80. The summed E-state index contributed by atoms with van der Waals surface area (Å²) in [6, 6.07) is 3.60. The van der Waals surface area contributed by atoms with Gasteiger partial charge in [0.2, 0.25) is 0 Å². The predicted octanol–water partition coefficient (Wildman–Crippen LogP) is 1.40. The van der Waals surface area contributed by atoms with Crippen LogP contribution in [0.3, 0.4) is 0 Å². The van der Waals surface area contributed by atoms with Crippen LogP contribution in [0.2, 0.25) is 0 Å². The van der Waals surface area contributed by atoms with Crippen molar-refractivity contribution in [2.45, 2.75) is 12.7 Å². The van der Waals surface area contributed by atoms with Crippen LogP contribution in [0.25, 0.3) is 0 Å². The van der Waals surface area contributed by atoms with Crippen molar-refractivity contribution in [2.75, 3.05) is 0 Å². The number of halogens is 1. The third-order valence-electron chi connectivity index (χ3n) is 1.90. The molecule has 0 amide bonds. The van der Waals surface area contributed by atoms with Gasteiger partial charge in [-0.1, -0.05) is 0 Å². The molecule has 1 atom stereocenters. The highest BCUT2D eigenvalue weighted by molar-refractivity contribution is 5.77. The number of carboxylic acid groups (broad SMARTS) is 1. The Balaban J connectivity index is 2.39. The van der Waals surface area contributed by atoms with E-state index in [1.807, 2.05) is 0 Å². The fourth-order valence-corrected chi connectivity index (χ4v) is 1.17. The fraction of sp³-hybridized carbons (Fsp3) is 0.222. The van der Waals surface area contributed by atoms with Crippen LogP contribution in [0, 0.1) is 5.82 Å². The Kier molecular flexibility index (Phi) is 1.64. The minimum absolute atomic E-state index is 0.106. The van der Waals surface area contributed by atoms with Crippen LogP contribution >= 0.6 is 0 Å². The van der Waals surface area contributed by atoms with E-state index in [1.165, 1.54) is 19.1 Å². The topological polar surface area (TPSA) is 55.8 Å². The number of aliphatic carboxylic acids is 1. The van der Waals surface area contributed by atoms with Crippen molar-refractivity contribution >= 4 is 5.97 Å². The molecule has 1 heterocycles. The lowest BCUT2D eigenvalue weighted by Crippen LogP contribution is -2.43. The first-order valence-corrected chi connectivity index (χ1v) is 3.92. The van der Waals surface area contributed by atoms with Gasteiger partial charge in [-0.3, -0.25) is 0 Å². The molecule has 1 aromatic rings. The largest absolute Gasteiger partial charge is 0.475 e. The van der Waals surface area contributed by atoms with Gasteiger partial charge in [-0.25, -0.2) is 9.18 Å². The van der Waals surface area contributed by atoms with Crippen molar-refractivity contribution in [3.63, 3.8) is 0 Å². The molecule has 0 saturated heterocycles. The van der Waals surface area contributed by atoms with Gasteiger partial charge in [-0.05, 0) is 12.1 Å². The standard InChI is InChI=1S/C9H7FO4/c1-9(8(11)12)13-6-3-2-5(10)4-7(6)14-9/h2-4H,1H3,(H,11,12). The Morgan fingerprint density at radius 2 is 2.07 bits per heavy atom. The molecule has 0 bridgehead atoms. The molecule has 1 aliphatic rings. The molecule has 2 rings (SSSR count). The van der Waals surface area contributed by atoms with Gasteiger partial charge in [-0.2, -0.15) is 0 Å². The molecular formula is C9H7FO4. The number of hydrogen-bond acceptors (Lipinski definition) is 3. The molecule has 0 aliphatic carbocycles. The molecule has 1 aliphatic heterocycles. The van der Waals surface area contributed by atoms with Gasteiger partial charge in [0.15, 0.2) is 11.5 Å². The number of fused-ring (bicyclic) bond motifs is 1. The summed E-state index contributed by atoms with van der Waals surface area (Å²) in [6.45, 7) is 1.26. The van der Waals surface area contributed by atoms with Crippen molar-refractivity contribution in [3.8, 4) is 11.5 Å². The van der Waals surface area contributed by atoms with Gasteiger partial charge in [0.25, 0.3) is 0 Å². The van der Waals surface area contributed by atoms with Gasteiger partial charge in [0.05, 0.1) is 0 Å². The number of carbonyl (C=O) groups is 1. The van der Waals surface area contributed by atoms with Crippen LogP contribution < -0.4 is 9.47 Å². The normalized spacial score (nSPS) is 23.6. The minimum Gasteiger partial charge on any atom is -0.475 e. The summed E-state index contributed by atoms with van der Waals surface area (Å²) >= 11 is 0. The van der Waals surface area contributed by atoms with Gasteiger partial charge in [-0.15, -0.1) is 0 Å². The van der Waals surface area contributed by atoms with Gasteiger partial charge < -0.3 is 14.6 Å². The molecule has 0 saturated carbocycles. The second kappa shape index (κ2) is 2.60. The van der Waals surface area contributed by atoms with Crippen molar-refractivity contribution in [1.29, 1.82) is 0 Å². The lowest BCUT2D eigenvalue weighted by Gasteiger charge is -2.16. The molecule has 74 valence electrons. The van der Waals surface area contributed by atoms with E-state index in [4.69, 9.17) is 14.6 Å². The highest BCUT2D eigenvalue weighted by Crippen LogP contribution is 2.39. The van der Waals surface area contributed by atoms with E-state index in [9.17, 15) is 9.18 Å². The molecule has 5 heteroatoms. The summed E-state index contributed by atoms with van der Waals surface area (Å²) in [5.74, 6) is -3.17. The van der Waals surface area contributed by atoms with Crippen molar-refractivity contribution in [3.05, 3.63) is 24.0 Å². The van der Waals surface area contributed by atoms with Crippen LogP contribution in [0.4, 0.5) is 4.39 Å². The van der Waals surface area contributed by atoms with Crippen LogP contribution in [0.1, 0.15) is 6.92 Å². The zero-order chi connectivity index (χ0) is 10.3. The number of rotatable bonds is 1. The molecule has 0 spiro atoms. The fourth-order valence-electron chi connectivity index (χ4n) is 1.17. The maximum atomic E-state index is 12.7. The van der Waals surface area contributed by atoms with Crippen LogP contribution in [-0.4, -0.2) is 16.9 Å². The summed E-state index contributed by atoms with van der Waals surface area (Å²) in [6.07, 6.45) is 0. The molecule has 0 aromatic heterocycles. The smallest absolute Gasteiger partial charge is 0.390 e.